The first kappa shape index (κ1) is 9.16. The lowest BCUT2D eigenvalue weighted by Crippen LogP contribution is -1.96. The van der Waals surface area contributed by atoms with Crippen molar-refractivity contribution < 1.29 is 17.9 Å². The van der Waals surface area contributed by atoms with Gasteiger partial charge in [0.05, 0.1) is 7.11 Å². The predicted molar refractivity (Wildman–Crippen MR) is 36.0 cm³/mol. The summed E-state index contributed by atoms with van der Waals surface area (Å²) in [5.74, 6) is -0.676. The number of methoxy groups -OCH3 is 1. The van der Waals surface area contributed by atoms with Gasteiger partial charge < -0.3 is 4.74 Å². The number of hydrogen-bond acceptors (Lipinski definition) is 4. The summed E-state index contributed by atoms with van der Waals surface area (Å²) in [6.07, 6.45) is 1.85. The highest BCUT2D eigenvalue weighted by Crippen LogP contribution is 1.85. The summed E-state index contributed by atoms with van der Waals surface area (Å²) in [5.41, 5.74) is 0. The molecule has 0 aromatic carbocycles. The van der Waals surface area contributed by atoms with Gasteiger partial charge in [0.25, 0.3) is 0 Å². The first-order valence-corrected chi connectivity index (χ1v) is 4.37. The fourth-order valence-electron chi connectivity index (χ4n) is 0.247. The van der Waals surface area contributed by atoms with Crippen molar-refractivity contribution in [2.75, 3.05) is 13.4 Å². The number of carbonyl (C=O) groups is 1. The molecule has 0 aliphatic heterocycles. The van der Waals surface area contributed by atoms with Gasteiger partial charge in [0.15, 0.2) is 9.84 Å². The molecule has 0 aromatic heterocycles. The summed E-state index contributed by atoms with van der Waals surface area (Å²) in [4.78, 5) is 10.3. The number of rotatable bonds is 2. The number of hydrogen-bond donors (Lipinski definition) is 0. The normalized spacial score (nSPS) is 11.8. The van der Waals surface area contributed by atoms with E-state index in [-0.39, 0.29) is 0 Å². The Labute approximate surface area is 59.4 Å². The highest BCUT2D eigenvalue weighted by Gasteiger charge is 1.96. The zero-order valence-corrected chi connectivity index (χ0v) is 6.51. The Morgan fingerprint density at radius 3 is 2.30 bits per heavy atom. The van der Waals surface area contributed by atoms with E-state index in [9.17, 15) is 13.2 Å². The second-order valence-electron chi connectivity index (χ2n) is 1.66. The van der Waals surface area contributed by atoms with Crippen molar-refractivity contribution in [2.45, 2.75) is 0 Å². The van der Waals surface area contributed by atoms with Crippen LogP contribution in [0.1, 0.15) is 0 Å². The molecule has 0 aliphatic rings. The van der Waals surface area contributed by atoms with E-state index in [1.54, 1.807) is 0 Å². The number of ether oxygens (including phenoxy) is 1. The molecule has 5 heteroatoms. The van der Waals surface area contributed by atoms with Crippen LogP contribution >= 0.6 is 0 Å². The van der Waals surface area contributed by atoms with Gasteiger partial charge in [0.1, 0.15) is 0 Å². The van der Waals surface area contributed by atoms with E-state index in [0.717, 1.165) is 17.7 Å². The Morgan fingerprint density at radius 1 is 1.50 bits per heavy atom. The third-order valence-electron chi connectivity index (χ3n) is 0.653. The average Bonchev–Trinajstić information content (AvgIpc) is 1.81. The fourth-order valence-corrected chi connectivity index (χ4v) is 0.605. The van der Waals surface area contributed by atoms with Gasteiger partial charge in [-0.1, -0.05) is 0 Å². The smallest absolute Gasteiger partial charge is 0.331 e. The zero-order chi connectivity index (χ0) is 8.20. The lowest BCUT2D eigenvalue weighted by atomic mass is 10.7. The van der Waals surface area contributed by atoms with E-state index in [0.29, 0.717) is 0 Å². The Bertz CT molecular complexity index is 236. The Balaban J connectivity index is 4.15. The second kappa shape index (κ2) is 3.36. The monoisotopic (exact) mass is 164 g/mol. The minimum Gasteiger partial charge on any atom is -0.466 e. The second-order valence-corrected chi connectivity index (χ2v) is 3.59. The van der Waals surface area contributed by atoms with Crippen molar-refractivity contribution in [1.82, 2.24) is 0 Å². The Hall–Kier alpha value is -0.840. The van der Waals surface area contributed by atoms with E-state index in [4.69, 9.17) is 0 Å². The van der Waals surface area contributed by atoms with E-state index >= 15 is 0 Å². The molecule has 0 aromatic rings. The molecular weight excluding hydrogens is 156 g/mol. The first-order valence-electron chi connectivity index (χ1n) is 2.42. The molecular formula is C5H8O4S. The molecule has 0 N–H and O–H groups in total. The van der Waals surface area contributed by atoms with Crippen LogP contribution in [0.2, 0.25) is 0 Å². The summed E-state index contributed by atoms with van der Waals surface area (Å²) in [5, 5.41) is 0.791. The molecule has 0 spiro atoms. The largest absolute Gasteiger partial charge is 0.466 e. The van der Waals surface area contributed by atoms with Crippen LogP contribution in [0, 0.1) is 0 Å². The van der Waals surface area contributed by atoms with Crippen LogP contribution in [0.4, 0.5) is 0 Å². The van der Waals surface area contributed by atoms with Crippen LogP contribution in [0.25, 0.3) is 0 Å². The van der Waals surface area contributed by atoms with Gasteiger partial charge >= 0.3 is 5.97 Å². The molecule has 4 nitrogen and oxygen atoms in total. The molecule has 0 rings (SSSR count). The fraction of sp³-hybridized carbons (Fsp3) is 0.400. The van der Waals surface area contributed by atoms with Crippen molar-refractivity contribution in [3.8, 4) is 0 Å². The molecule has 0 bridgehead atoms. The molecule has 10 heavy (non-hydrogen) atoms. The molecule has 0 unspecified atom stereocenters. The topological polar surface area (TPSA) is 60.4 Å². The molecule has 0 saturated carbocycles. The molecule has 0 aliphatic carbocycles. The maximum Gasteiger partial charge on any atom is 0.331 e. The van der Waals surface area contributed by atoms with Crippen LogP contribution in [0.15, 0.2) is 11.5 Å². The molecule has 0 saturated heterocycles. The molecule has 0 fully saturated rings. The maximum atomic E-state index is 10.4. The highest BCUT2D eigenvalue weighted by atomic mass is 32.2. The molecule has 0 radical (unpaired) electrons. The highest BCUT2D eigenvalue weighted by molar-refractivity contribution is 7.93. The van der Waals surface area contributed by atoms with Crippen LogP contribution in [0.3, 0.4) is 0 Å². The van der Waals surface area contributed by atoms with Gasteiger partial charge in [-0.15, -0.1) is 0 Å². The summed E-state index contributed by atoms with van der Waals surface area (Å²) < 4.78 is 24.9. The van der Waals surface area contributed by atoms with Crippen LogP contribution in [-0.4, -0.2) is 27.8 Å². The quantitative estimate of drug-likeness (QED) is 0.416. The molecule has 0 atom stereocenters. The lowest BCUT2D eigenvalue weighted by Gasteiger charge is -1.87. The summed E-state index contributed by atoms with van der Waals surface area (Å²) in [6.45, 7) is 0. The van der Waals surface area contributed by atoms with Crippen LogP contribution in [-0.2, 0) is 19.4 Å². The van der Waals surface area contributed by atoms with Gasteiger partial charge in [0.2, 0.25) is 0 Å². The molecule has 0 amide bonds. The first-order chi connectivity index (χ1) is 4.45. The Kier molecular flexibility index (Phi) is 3.08. The molecule has 0 heterocycles. The third-order valence-corrected chi connectivity index (χ3v) is 1.28. The van der Waals surface area contributed by atoms with Gasteiger partial charge in [-0.3, -0.25) is 0 Å². The van der Waals surface area contributed by atoms with Gasteiger partial charge in [-0.25, -0.2) is 13.2 Å². The van der Waals surface area contributed by atoms with Crippen molar-refractivity contribution in [1.29, 1.82) is 0 Å². The van der Waals surface area contributed by atoms with E-state index in [2.05, 4.69) is 4.74 Å². The van der Waals surface area contributed by atoms with Gasteiger partial charge in [-0.2, -0.15) is 0 Å². The van der Waals surface area contributed by atoms with E-state index < -0.39 is 15.8 Å². The number of carbonyl (C=O) groups excluding carboxylic acids is 1. The zero-order valence-electron chi connectivity index (χ0n) is 5.70. The average molecular weight is 164 g/mol. The minimum absolute atomic E-state index is 0.676. The van der Waals surface area contributed by atoms with E-state index in [1.807, 2.05) is 0 Å². The summed E-state index contributed by atoms with van der Waals surface area (Å²) in [7, 11) is -2.04. The number of sulfone groups is 1. The van der Waals surface area contributed by atoms with Gasteiger partial charge in [0, 0.05) is 17.7 Å². The SMILES string of the molecule is COC(=O)/C=C\S(C)(=O)=O. The third kappa shape index (κ3) is 5.30. The van der Waals surface area contributed by atoms with Crippen molar-refractivity contribution >= 4 is 15.8 Å². The lowest BCUT2D eigenvalue weighted by molar-refractivity contribution is -0.134. The molecule has 58 valence electrons. The Morgan fingerprint density at radius 2 is 2.00 bits per heavy atom. The minimum atomic E-state index is -3.21. The van der Waals surface area contributed by atoms with Crippen LogP contribution < -0.4 is 0 Å². The van der Waals surface area contributed by atoms with Crippen molar-refractivity contribution in [3.63, 3.8) is 0 Å². The van der Waals surface area contributed by atoms with Crippen LogP contribution in [0.5, 0.6) is 0 Å². The van der Waals surface area contributed by atoms with Crippen molar-refractivity contribution in [3.05, 3.63) is 11.5 Å². The standard InChI is InChI=1S/C5H8O4S/c1-9-5(6)3-4-10(2,7)8/h3-4H,1-2H3/b4-3-. The van der Waals surface area contributed by atoms with Gasteiger partial charge in [-0.05, 0) is 0 Å². The van der Waals surface area contributed by atoms with Crippen molar-refractivity contribution in [2.24, 2.45) is 0 Å². The number of esters is 1. The maximum absolute atomic E-state index is 10.4. The summed E-state index contributed by atoms with van der Waals surface area (Å²) >= 11 is 0. The van der Waals surface area contributed by atoms with E-state index in [1.165, 1.54) is 7.11 Å². The predicted octanol–water partition coefficient (Wildman–Crippen LogP) is -0.282. The summed E-state index contributed by atoms with van der Waals surface area (Å²) in [6, 6.07) is 0.